The lowest BCUT2D eigenvalue weighted by Crippen LogP contribution is -2.46. The molecule has 1 atom stereocenters. The molecule has 5 nitrogen and oxygen atoms in total. The van der Waals surface area contributed by atoms with Gasteiger partial charge >= 0.3 is 0 Å². The van der Waals surface area contributed by atoms with Gasteiger partial charge in [-0.25, -0.2) is 4.39 Å². The molecule has 0 fully saturated rings. The number of methoxy groups -OCH3 is 1. The Bertz CT molecular complexity index is 873. The summed E-state index contributed by atoms with van der Waals surface area (Å²) in [7, 11) is 1.56. The monoisotopic (exact) mass is 355 g/mol. The fourth-order valence-electron chi connectivity index (χ4n) is 2.60. The van der Waals surface area contributed by atoms with Crippen LogP contribution in [0.15, 0.2) is 59.1 Å². The average Bonchev–Trinajstić information content (AvgIpc) is 2.62. The van der Waals surface area contributed by atoms with Gasteiger partial charge in [0.1, 0.15) is 29.4 Å². The number of nitriles is 1. The van der Waals surface area contributed by atoms with Crippen molar-refractivity contribution in [3.63, 3.8) is 0 Å². The summed E-state index contributed by atoms with van der Waals surface area (Å²) in [5.74, 6) is -0.221. The first-order valence-corrected chi connectivity index (χ1v) is 7.83. The first kappa shape index (κ1) is 16.9. The number of anilines is 1. The number of ether oxygens (including phenoxy) is 1. The van der Waals surface area contributed by atoms with Crippen molar-refractivity contribution in [2.45, 2.75) is 6.17 Å². The third kappa shape index (κ3) is 3.16. The Kier molecular flexibility index (Phi) is 4.63. The molecule has 0 radical (unpaired) electrons. The van der Waals surface area contributed by atoms with Gasteiger partial charge in [-0.15, -0.1) is 12.6 Å². The largest absolute Gasteiger partial charge is 0.497 e. The van der Waals surface area contributed by atoms with Crippen molar-refractivity contribution in [1.29, 1.82) is 5.26 Å². The second-order valence-corrected chi connectivity index (χ2v) is 5.73. The van der Waals surface area contributed by atoms with Gasteiger partial charge in [0.2, 0.25) is 0 Å². The number of nitrogens with zero attached hydrogens (tertiary/aromatic N) is 2. The molecule has 2 aromatic carbocycles. The summed E-state index contributed by atoms with van der Waals surface area (Å²) >= 11 is 4.40. The van der Waals surface area contributed by atoms with Crippen LogP contribution in [0.3, 0.4) is 0 Å². The molecule has 2 aromatic rings. The molecule has 1 N–H and O–H groups in total. The number of nitrogens with one attached hydrogen (secondary N) is 1. The molecule has 126 valence electrons. The first-order chi connectivity index (χ1) is 12.0. The minimum Gasteiger partial charge on any atom is -0.497 e. The lowest BCUT2D eigenvalue weighted by molar-refractivity contribution is -0.118. The molecule has 0 aliphatic carbocycles. The SMILES string of the molecule is COc1ccc(N2C(S)=C(C#N)C(=O)NC2c2ccc(F)cc2)cc1. The van der Waals surface area contributed by atoms with Crippen LogP contribution in [-0.4, -0.2) is 13.0 Å². The summed E-state index contributed by atoms with van der Waals surface area (Å²) in [6.45, 7) is 0. The number of benzene rings is 2. The van der Waals surface area contributed by atoms with E-state index in [9.17, 15) is 14.4 Å². The van der Waals surface area contributed by atoms with Crippen LogP contribution in [0, 0.1) is 17.1 Å². The Morgan fingerprint density at radius 1 is 1.20 bits per heavy atom. The minimum absolute atomic E-state index is 0.0856. The van der Waals surface area contributed by atoms with Crippen molar-refractivity contribution < 1.29 is 13.9 Å². The van der Waals surface area contributed by atoms with E-state index in [4.69, 9.17) is 4.74 Å². The maximum Gasteiger partial charge on any atom is 0.266 e. The topological polar surface area (TPSA) is 65.4 Å². The second-order valence-electron chi connectivity index (χ2n) is 5.31. The molecule has 0 saturated carbocycles. The van der Waals surface area contributed by atoms with E-state index in [-0.39, 0.29) is 16.4 Å². The smallest absolute Gasteiger partial charge is 0.266 e. The normalized spacial score (nSPS) is 17.1. The standard InChI is InChI=1S/C18H14FN3O2S/c1-24-14-8-6-13(7-9-14)22-16(11-2-4-12(19)5-3-11)21-17(23)15(10-20)18(22)25/h2-9,16,25H,1H3,(H,21,23). The molecular weight excluding hydrogens is 341 g/mol. The van der Waals surface area contributed by atoms with Crippen LogP contribution in [0.25, 0.3) is 0 Å². The number of rotatable bonds is 3. The summed E-state index contributed by atoms with van der Waals surface area (Å²) in [5.41, 5.74) is 1.28. The Morgan fingerprint density at radius 2 is 1.84 bits per heavy atom. The summed E-state index contributed by atoms with van der Waals surface area (Å²) in [6.07, 6.45) is -0.619. The van der Waals surface area contributed by atoms with Crippen molar-refractivity contribution in [3.8, 4) is 11.8 Å². The maximum atomic E-state index is 13.2. The average molecular weight is 355 g/mol. The van der Waals surface area contributed by atoms with Gasteiger partial charge in [-0.3, -0.25) is 4.79 Å². The van der Waals surface area contributed by atoms with Crippen LogP contribution in [-0.2, 0) is 4.79 Å². The molecule has 7 heteroatoms. The van der Waals surface area contributed by atoms with E-state index in [1.54, 1.807) is 48.4 Å². The van der Waals surface area contributed by atoms with Gasteiger partial charge in [-0.2, -0.15) is 5.26 Å². The molecule has 0 bridgehead atoms. The number of amides is 1. The lowest BCUT2D eigenvalue weighted by Gasteiger charge is -2.38. The lowest BCUT2D eigenvalue weighted by atomic mass is 10.1. The Labute approximate surface area is 149 Å². The highest BCUT2D eigenvalue weighted by Gasteiger charge is 2.33. The molecule has 1 aliphatic rings. The van der Waals surface area contributed by atoms with Crippen LogP contribution in [0.5, 0.6) is 5.75 Å². The fraction of sp³-hybridized carbons (Fsp3) is 0.111. The number of carbonyl (C=O) groups is 1. The molecule has 0 saturated heterocycles. The zero-order valence-electron chi connectivity index (χ0n) is 13.2. The molecule has 0 aromatic heterocycles. The van der Waals surface area contributed by atoms with E-state index in [1.807, 2.05) is 6.07 Å². The highest BCUT2D eigenvalue weighted by molar-refractivity contribution is 7.84. The molecular formula is C18H14FN3O2S. The Morgan fingerprint density at radius 3 is 2.40 bits per heavy atom. The van der Waals surface area contributed by atoms with Crippen LogP contribution < -0.4 is 15.0 Å². The van der Waals surface area contributed by atoms with Crippen molar-refractivity contribution in [2.24, 2.45) is 0 Å². The van der Waals surface area contributed by atoms with Crippen molar-refractivity contribution >= 4 is 24.2 Å². The van der Waals surface area contributed by atoms with E-state index in [2.05, 4.69) is 17.9 Å². The van der Waals surface area contributed by atoms with Crippen molar-refractivity contribution in [1.82, 2.24) is 5.32 Å². The van der Waals surface area contributed by atoms with E-state index in [1.165, 1.54) is 12.1 Å². The van der Waals surface area contributed by atoms with E-state index < -0.39 is 12.1 Å². The third-order valence-electron chi connectivity index (χ3n) is 3.85. The van der Waals surface area contributed by atoms with Crippen molar-refractivity contribution in [2.75, 3.05) is 12.0 Å². The summed E-state index contributed by atoms with van der Waals surface area (Å²) in [6, 6.07) is 14.8. The quantitative estimate of drug-likeness (QED) is 0.831. The number of thiol groups is 1. The van der Waals surface area contributed by atoms with Gasteiger partial charge in [-0.1, -0.05) is 12.1 Å². The van der Waals surface area contributed by atoms with Gasteiger partial charge in [0.15, 0.2) is 0 Å². The molecule has 1 amide bonds. The zero-order chi connectivity index (χ0) is 18.0. The van der Waals surface area contributed by atoms with Crippen molar-refractivity contribution in [3.05, 3.63) is 70.5 Å². The summed E-state index contributed by atoms with van der Waals surface area (Å²) in [4.78, 5) is 13.9. The zero-order valence-corrected chi connectivity index (χ0v) is 14.1. The minimum atomic E-state index is -0.619. The molecule has 3 rings (SSSR count). The number of halogens is 1. The highest BCUT2D eigenvalue weighted by Crippen LogP contribution is 2.36. The number of hydrogen-bond donors (Lipinski definition) is 2. The highest BCUT2D eigenvalue weighted by atomic mass is 32.1. The predicted molar refractivity (Wildman–Crippen MR) is 94.4 cm³/mol. The van der Waals surface area contributed by atoms with Crippen LogP contribution in [0.4, 0.5) is 10.1 Å². The Hall–Kier alpha value is -2.98. The van der Waals surface area contributed by atoms with Crippen LogP contribution >= 0.6 is 12.6 Å². The molecule has 1 aliphatic heterocycles. The van der Waals surface area contributed by atoms with E-state index in [0.29, 0.717) is 17.0 Å². The summed E-state index contributed by atoms with van der Waals surface area (Å²) in [5, 5.41) is 12.3. The van der Waals surface area contributed by atoms with Gasteiger partial charge in [0.25, 0.3) is 5.91 Å². The maximum absolute atomic E-state index is 13.2. The molecule has 1 heterocycles. The van der Waals surface area contributed by atoms with E-state index >= 15 is 0 Å². The first-order valence-electron chi connectivity index (χ1n) is 7.38. The Balaban J connectivity index is 2.11. The fourth-order valence-corrected chi connectivity index (χ4v) is 2.98. The van der Waals surface area contributed by atoms with Gasteiger partial charge in [0.05, 0.1) is 12.1 Å². The molecule has 25 heavy (non-hydrogen) atoms. The third-order valence-corrected chi connectivity index (χ3v) is 4.29. The second kappa shape index (κ2) is 6.87. The van der Waals surface area contributed by atoms with Crippen LogP contribution in [0.2, 0.25) is 0 Å². The van der Waals surface area contributed by atoms with Gasteiger partial charge in [0, 0.05) is 5.69 Å². The number of carbonyl (C=O) groups excluding carboxylic acids is 1. The van der Waals surface area contributed by atoms with E-state index in [0.717, 1.165) is 0 Å². The van der Waals surface area contributed by atoms with Gasteiger partial charge < -0.3 is 15.0 Å². The predicted octanol–water partition coefficient (Wildman–Crippen LogP) is 3.13. The number of hydrogen-bond acceptors (Lipinski definition) is 5. The molecule has 0 spiro atoms. The molecule has 1 unspecified atom stereocenters. The van der Waals surface area contributed by atoms with Crippen LogP contribution in [0.1, 0.15) is 11.7 Å². The summed E-state index contributed by atoms with van der Waals surface area (Å²) < 4.78 is 18.4. The van der Waals surface area contributed by atoms with Gasteiger partial charge in [-0.05, 0) is 42.0 Å².